The van der Waals surface area contributed by atoms with E-state index in [1.807, 2.05) is 6.92 Å². The molecule has 1 heterocycles. The van der Waals surface area contributed by atoms with Crippen LogP contribution in [0.5, 0.6) is 0 Å². The molecule has 0 saturated carbocycles. The molecule has 0 aromatic carbocycles. The van der Waals surface area contributed by atoms with Crippen LogP contribution in [-0.4, -0.2) is 15.2 Å². The van der Waals surface area contributed by atoms with Gasteiger partial charge in [-0.25, -0.2) is 0 Å². The number of nitrogens with one attached hydrogen (secondary N) is 1. The summed E-state index contributed by atoms with van der Waals surface area (Å²) in [6, 6.07) is 0. The van der Waals surface area contributed by atoms with E-state index in [2.05, 4.69) is 15.2 Å². The molecule has 0 bridgehead atoms. The number of aromatic amines is 1. The molecule has 0 saturated heterocycles. The topological polar surface area (TPSA) is 84.7 Å². The molecule has 0 aliphatic carbocycles. The second-order valence-corrected chi connectivity index (χ2v) is 2.11. The smallest absolute Gasteiger partial charge is 0.274 e. The fourth-order valence-corrected chi connectivity index (χ4v) is 0.687. The van der Waals surface area contributed by atoms with Gasteiger partial charge in [-0.15, -0.1) is 10.2 Å². The number of aryl methyl sites for hydroxylation is 1. The number of nitrogens with zero attached hydrogens (tertiary/aromatic N) is 2. The molecule has 5 heteroatoms. The van der Waals surface area contributed by atoms with E-state index >= 15 is 0 Å². The average Bonchev–Trinajstić information content (AvgIpc) is 2.04. The van der Waals surface area contributed by atoms with Crippen LogP contribution in [0.15, 0.2) is 4.79 Å². The molecule has 0 amide bonds. The highest BCUT2D eigenvalue weighted by Gasteiger charge is 1.99. The van der Waals surface area contributed by atoms with Crippen molar-refractivity contribution in [3.05, 3.63) is 21.9 Å². The Balaban J connectivity index is 3.10. The zero-order valence-corrected chi connectivity index (χ0v) is 6.29. The van der Waals surface area contributed by atoms with Crippen molar-refractivity contribution in [3.8, 4) is 0 Å². The maximum atomic E-state index is 11.0. The Morgan fingerprint density at radius 3 is 2.73 bits per heavy atom. The van der Waals surface area contributed by atoms with Crippen molar-refractivity contribution in [3.63, 3.8) is 0 Å². The lowest BCUT2D eigenvalue weighted by Gasteiger charge is -1.95. The van der Waals surface area contributed by atoms with Crippen molar-refractivity contribution in [2.75, 3.05) is 0 Å². The van der Waals surface area contributed by atoms with Crippen LogP contribution in [0.4, 0.5) is 0 Å². The highest BCUT2D eigenvalue weighted by atomic mass is 16.1. The molecule has 0 radical (unpaired) electrons. The molecular weight excluding hydrogens is 144 g/mol. The molecule has 0 fully saturated rings. The van der Waals surface area contributed by atoms with Crippen LogP contribution in [0.2, 0.25) is 0 Å². The van der Waals surface area contributed by atoms with E-state index in [0.29, 0.717) is 12.2 Å². The minimum atomic E-state index is -0.237. The number of aromatic nitrogens is 3. The summed E-state index contributed by atoms with van der Waals surface area (Å²) in [6.45, 7) is 2.02. The lowest BCUT2D eigenvalue weighted by molar-refractivity contribution is 0.775. The van der Waals surface area contributed by atoms with Crippen LogP contribution >= 0.6 is 0 Å². The van der Waals surface area contributed by atoms with Gasteiger partial charge in [0.2, 0.25) is 0 Å². The van der Waals surface area contributed by atoms with Crippen molar-refractivity contribution < 1.29 is 0 Å². The predicted molar refractivity (Wildman–Crippen MR) is 39.9 cm³/mol. The molecule has 0 spiro atoms. The van der Waals surface area contributed by atoms with Gasteiger partial charge in [0.25, 0.3) is 5.56 Å². The van der Waals surface area contributed by atoms with Crippen LogP contribution in [0, 0.1) is 0 Å². The molecule has 0 unspecified atom stereocenters. The molecule has 1 aromatic heterocycles. The minimum Gasteiger partial charge on any atom is -0.325 e. The molecule has 5 nitrogen and oxygen atoms in total. The van der Waals surface area contributed by atoms with Crippen molar-refractivity contribution in [2.45, 2.75) is 19.9 Å². The van der Waals surface area contributed by atoms with Crippen LogP contribution in [0.3, 0.4) is 0 Å². The van der Waals surface area contributed by atoms with Gasteiger partial charge >= 0.3 is 0 Å². The third-order valence-electron chi connectivity index (χ3n) is 1.34. The van der Waals surface area contributed by atoms with E-state index in [9.17, 15) is 4.79 Å². The first-order valence-corrected chi connectivity index (χ1v) is 3.42. The van der Waals surface area contributed by atoms with Crippen LogP contribution < -0.4 is 11.3 Å². The average molecular weight is 154 g/mol. The highest BCUT2D eigenvalue weighted by molar-refractivity contribution is 4.94. The van der Waals surface area contributed by atoms with E-state index in [1.165, 1.54) is 0 Å². The molecule has 1 rings (SSSR count). The third kappa shape index (κ3) is 1.62. The Bertz CT molecular complexity index is 293. The Labute approximate surface area is 63.7 Å². The lowest BCUT2D eigenvalue weighted by atomic mass is 10.4. The second-order valence-electron chi connectivity index (χ2n) is 2.11. The SMILES string of the molecule is CCc1nnc(CN)c(=O)[nH]1. The summed E-state index contributed by atoms with van der Waals surface area (Å²) in [6.07, 6.45) is 0.674. The molecule has 1 aromatic rings. The number of hydrogen-bond acceptors (Lipinski definition) is 4. The summed E-state index contributed by atoms with van der Waals surface area (Å²) in [4.78, 5) is 13.6. The van der Waals surface area contributed by atoms with Gasteiger partial charge in [-0.1, -0.05) is 6.92 Å². The summed E-state index contributed by atoms with van der Waals surface area (Å²) < 4.78 is 0. The number of nitrogens with two attached hydrogens (primary N) is 1. The maximum Gasteiger partial charge on any atom is 0.274 e. The molecular formula is C6H10N4O. The highest BCUT2D eigenvalue weighted by Crippen LogP contribution is 1.83. The standard InChI is InChI=1S/C6H10N4O/c1-2-5-8-6(11)4(3-7)9-10-5/h2-3,7H2,1H3,(H,8,10,11). The Kier molecular flexibility index (Phi) is 2.32. The Morgan fingerprint density at radius 2 is 2.27 bits per heavy atom. The first kappa shape index (κ1) is 7.87. The van der Waals surface area contributed by atoms with E-state index < -0.39 is 0 Å². The van der Waals surface area contributed by atoms with Gasteiger partial charge < -0.3 is 10.7 Å². The maximum absolute atomic E-state index is 11.0. The van der Waals surface area contributed by atoms with Gasteiger partial charge in [-0.3, -0.25) is 4.79 Å². The first-order chi connectivity index (χ1) is 5.27. The zero-order valence-electron chi connectivity index (χ0n) is 6.29. The van der Waals surface area contributed by atoms with Gasteiger partial charge in [0.1, 0.15) is 11.5 Å². The van der Waals surface area contributed by atoms with Crippen LogP contribution in [0.25, 0.3) is 0 Å². The van der Waals surface area contributed by atoms with E-state index in [4.69, 9.17) is 5.73 Å². The summed E-state index contributed by atoms with van der Waals surface area (Å²) in [5.74, 6) is 0.590. The molecule has 3 N–H and O–H groups in total. The minimum absolute atomic E-state index is 0.131. The van der Waals surface area contributed by atoms with Crippen LogP contribution in [0.1, 0.15) is 18.4 Å². The zero-order chi connectivity index (χ0) is 8.27. The summed E-state index contributed by atoms with van der Waals surface area (Å²) in [5.41, 5.74) is 5.26. The van der Waals surface area contributed by atoms with Crippen molar-refractivity contribution in [1.29, 1.82) is 0 Å². The Morgan fingerprint density at radius 1 is 1.55 bits per heavy atom. The quantitative estimate of drug-likeness (QED) is 0.583. The van der Waals surface area contributed by atoms with Crippen molar-refractivity contribution in [2.24, 2.45) is 5.73 Å². The molecule has 0 aliphatic heterocycles. The van der Waals surface area contributed by atoms with E-state index in [0.717, 1.165) is 0 Å². The van der Waals surface area contributed by atoms with Gasteiger partial charge in [0.05, 0.1) is 0 Å². The molecule has 0 aliphatic rings. The monoisotopic (exact) mass is 154 g/mol. The number of hydrogen-bond donors (Lipinski definition) is 2. The normalized spacial score (nSPS) is 10.0. The third-order valence-corrected chi connectivity index (χ3v) is 1.34. The molecule has 11 heavy (non-hydrogen) atoms. The summed E-state index contributed by atoms with van der Waals surface area (Å²) >= 11 is 0. The van der Waals surface area contributed by atoms with Crippen molar-refractivity contribution >= 4 is 0 Å². The molecule has 0 atom stereocenters. The molecule has 60 valence electrons. The summed E-state index contributed by atoms with van der Waals surface area (Å²) in [5, 5.41) is 7.39. The second kappa shape index (κ2) is 3.25. The largest absolute Gasteiger partial charge is 0.325 e. The van der Waals surface area contributed by atoms with Gasteiger partial charge in [-0.05, 0) is 0 Å². The van der Waals surface area contributed by atoms with Gasteiger partial charge in [-0.2, -0.15) is 0 Å². The predicted octanol–water partition coefficient (Wildman–Crippen LogP) is -0.814. The van der Waals surface area contributed by atoms with Crippen molar-refractivity contribution in [1.82, 2.24) is 15.2 Å². The van der Waals surface area contributed by atoms with E-state index in [-0.39, 0.29) is 17.8 Å². The number of rotatable bonds is 2. The first-order valence-electron chi connectivity index (χ1n) is 3.42. The fraction of sp³-hybridized carbons (Fsp3) is 0.500. The fourth-order valence-electron chi connectivity index (χ4n) is 0.687. The number of H-pyrrole nitrogens is 1. The van der Waals surface area contributed by atoms with Gasteiger partial charge in [0, 0.05) is 13.0 Å². The summed E-state index contributed by atoms with van der Waals surface area (Å²) in [7, 11) is 0. The Hall–Kier alpha value is -1.23. The van der Waals surface area contributed by atoms with Crippen LogP contribution in [-0.2, 0) is 13.0 Å². The lowest BCUT2D eigenvalue weighted by Crippen LogP contribution is -2.21. The van der Waals surface area contributed by atoms with Gasteiger partial charge in [0.15, 0.2) is 0 Å². The van der Waals surface area contributed by atoms with E-state index in [1.54, 1.807) is 0 Å².